The first-order valence-corrected chi connectivity index (χ1v) is 8.51. The molecule has 128 valence electrons. The minimum atomic E-state index is -0.312. The third-order valence-corrected chi connectivity index (χ3v) is 4.28. The van der Waals surface area contributed by atoms with E-state index in [-0.39, 0.29) is 17.4 Å². The van der Waals surface area contributed by atoms with Crippen LogP contribution in [0.3, 0.4) is 0 Å². The number of nitrogens with one attached hydrogen (secondary N) is 1. The number of fused-ring (bicyclic) bond motifs is 1. The van der Waals surface area contributed by atoms with Gasteiger partial charge in [-0.3, -0.25) is 14.3 Å². The molecule has 2 heterocycles. The first-order valence-electron chi connectivity index (χ1n) is 8.51. The van der Waals surface area contributed by atoms with E-state index in [0.29, 0.717) is 18.8 Å². The summed E-state index contributed by atoms with van der Waals surface area (Å²) in [5, 5.41) is 0. The van der Waals surface area contributed by atoms with Crippen molar-refractivity contribution in [2.75, 3.05) is 0 Å². The lowest BCUT2D eigenvalue weighted by molar-refractivity contribution is 0.232. The predicted molar refractivity (Wildman–Crippen MR) is 91.7 cm³/mol. The molecule has 2 aromatic heterocycles. The van der Waals surface area contributed by atoms with Gasteiger partial charge in [-0.25, -0.2) is 9.78 Å². The Hall–Kier alpha value is -2.37. The second kappa shape index (κ2) is 7.03. The highest BCUT2D eigenvalue weighted by Crippen LogP contribution is 2.17. The lowest BCUT2D eigenvalue weighted by atomic mass is 9.96. The van der Waals surface area contributed by atoms with Crippen LogP contribution in [0.5, 0.6) is 5.88 Å². The predicted octanol–water partition coefficient (Wildman–Crippen LogP) is 1.84. The largest absolute Gasteiger partial charge is 0.475 e. The topological polar surface area (TPSA) is 77.0 Å². The third kappa shape index (κ3) is 3.58. The van der Waals surface area contributed by atoms with Crippen molar-refractivity contribution in [1.82, 2.24) is 14.5 Å². The molecule has 0 saturated heterocycles. The molecule has 0 atom stereocenters. The summed E-state index contributed by atoms with van der Waals surface area (Å²) in [6, 6.07) is 3.81. The number of ether oxygens (including phenoxy) is 1. The number of aromatic nitrogens is 3. The SMILES string of the molecule is CC(C)Oc1ccc(CCn2c3c(c(=O)[nH]c2=O)CCCC3)cn1. The molecule has 0 spiro atoms. The van der Waals surface area contributed by atoms with Gasteiger partial charge in [0.05, 0.1) is 6.10 Å². The van der Waals surface area contributed by atoms with Gasteiger partial charge in [-0.2, -0.15) is 0 Å². The number of hydrogen-bond donors (Lipinski definition) is 1. The summed E-state index contributed by atoms with van der Waals surface area (Å²) in [4.78, 5) is 30.9. The molecule has 3 rings (SSSR count). The molecule has 24 heavy (non-hydrogen) atoms. The van der Waals surface area contributed by atoms with E-state index in [4.69, 9.17) is 4.74 Å². The summed E-state index contributed by atoms with van der Waals surface area (Å²) >= 11 is 0. The van der Waals surface area contributed by atoms with Crippen molar-refractivity contribution in [2.45, 2.75) is 58.6 Å². The van der Waals surface area contributed by atoms with Crippen molar-refractivity contribution in [1.29, 1.82) is 0 Å². The van der Waals surface area contributed by atoms with Crippen molar-refractivity contribution in [3.8, 4) is 5.88 Å². The molecular weight excluding hydrogens is 306 g/mol. The molecule has 1 aliphatic carbocycles. The molecule has 0 fully saturated rings. The zero-order chi connectivity index (χ0) is 17.1. The zero-order valence-corrected chi connectivity index (χ0v) is 14.2. The van der Waals surface area contributed by atoms with Gasteiger partial charge in [-0.05, 0) is 51.5 Å². The average molecular weight is 329 g/mol. The van der Waals surface area contributed by atoms with Gasteiger partial charge in [-0.15, -0.1) is 0 Å². The minimum absolute atomic E-state index is 0.0922. The van der Waals surface area contributed by atoms with Crippen molar-refractivity contribution >= 4 is 0 Å². The number of aryl methyl sites for hydroxylation is 1. The monoisotopic (exact) mass is 329 g/mol. The summed E-state index contributed by atoms with van der Waals surface area (Å²) < 4.78 is 7.25. The van der Waals surface area contributed by atoms with Gasteiger partial charge in [0.2, 0.25) is 5.88 Å². The quantitative estimate of drug-likeness (QED) is 0.908. The first-order chi connectivity index (χ1) is 11.5. The molecule has 0 bridgehead atoms. The van der Waals surface area contributed by atoms with Gasteiger partial charge in [0.15, 0.2) is 0 Å². The molecule has 0 aromatic carbocycles. The number of rotatable bonds is 5. The normalized spacial score (nSPS) is 13.8. The summed E-state index contributed by atoms with van der Waals surface area (Å²) in [5.41, 5.74) is 2.19. The highest BCUT2D eigenvalue weighted by Gasteiger charge is 2.18. The molecule has 6 heteroatoms. The average Bonchev–Trinajstić information content (AvgIpc) is 2.55. The summed E-state index contributed by atoms with van der Waals surface area (Å²) in [6.45, 7) is 4.46. The Morgan fingerprint density at radius 1 is 1.25 bits per heavy atom. The summed E-state index contributed by atoms with van der Waals surface area (Å²) in [5.74, 6) is 0.604. The molecule has 6 nitrogen and oxygen atoms in total. The molecule has 0 radical (unpaired) electrons. The summed E-state index contributed by atoms with van der Waals surface area (Å²) in [7, 11) is 0. The Kier molecular flexibility index (Phi) is 4.83. The molecule has 0 amide bonds. The molecule has 2 aromatic rings. The molecule has 0 aliphatic heterocycles. The number of pyridine rings is 1. The number of aromatic amines is 1. The fraction of sp³-hybridized carbons (Fsp3) is 0.500. The van der Waals surface area contributed by atoms with Crippen molar-refractivity contribution < 1.29 is 4.74 Å². The van der Waals surface area contributed by atoms with E-state index >= 15 is 0 Å². The van der Waals surface area contributed by atoms with Gasteiger partial charge in [0.25, 0.3) is 5.56 Å². The zero-order valence-electron chi connectivity index (χ0n) is 14.2. The van der Waals surface area contributed by atoms with E-state index in [0.717, 1.165) is 42.5 Å². The van der Waals surface area contributed by atoms with Crippen LogP contribution in [0.25, 0.3) is 0 Å². The third-order valence-electron chi connectivity index (χ3n) is 4.28. The summed E-state index contributed by atoms with van der Waals surface area (Å²) in [6.07, 6.45) is 6.15. The maximum absolute atomic E-state index is 12.2. The Morgan fingerprint density at radius 2 is 2.04 bits per heavy atom. The van der Waals surface area contributed by atoms with Crippen LogP contribution < -0.4 is 16.0 Å². The Bertz CT molecular complexity index is 819. The van der Waals surface area contributed by atoms with Crippen LogP contribution in [0.15, 0.2) is 27.9 Å². The number of H-pyrrole nitrogens is 1. The second-order valence-electron chi connectivity index (χ2n) is 6.46. The van der Waals surface area contributed by atoms with E-state index in [1.54, 1.807) is 10.8 Å². The highest BCUT2D eigenvalue weighted by molar-refractivity contribution is 5.22. The Balaban J connectivity index is 1.77. The van der Waals surface area contributed by atoms with E-state index in [2.05, 4.69) is 9.97 Å². The van der Waals surface area contributed by atoms with Crippen molar-refractivity contribution in [3.05, 3.63) is 56.0 Å². The van der Waals surface area contributed by atoms with E-state index < -0.39 is 0 Å². The van der Waals surface area contributed by atoms with Crippen LogP contribution in [0.2, 0.25) is 0 Å². The Labute approximate surface area is 140 Å². The van der Waals surface area contributed by atoms with Crippen LogP contribution in [0.4, 0.5) is 0 Å². The van der Waals surface area contributed by atoms with Crippen molar-refractivity contribution in [2.24, 2.45) is 0 Å². The van der Waals surface area contributed by atoms with Gasteiger partial charge in [0, 0.05) is 30.1 Å². The van der Waals surface area contributed by atoms with Crippen LogP contribution in [0, 0.1) is 0 Å². The number of hydrogen-bond acceptors (Lipinski definition) is 4. The molecule has 1 aliphatic rings. The van der Waals surface area contributed by atoms with Gasteiger partial charge < -0.3 is 4.74 Å². The highest BCUT2D eigenvalue weighted by atomic mass is 16.5. The molecule has 0 unspecified atom stereocenters. The maximum atomic E-state index is 12.2. The van der Waals surface area contributed by atoms with Gasteiger partial charge in [0.1, 0.15) is 0 Å². The molecular formula is C18H23N3O3. The van der Waals surface area contributed by atoms with Crippen LogP contribution in [-0.2, 0) is 25.8 Å². The van der Waals surface area contributed by atoms with E-state index in [1.807, 2.05) is 26.0 Å². The molecule has 0 saturated carbocycles. The standard InChI is InChI=1S/C18H23N3O3/c1-12(2)24-16-8-7-13(11-19-16)9-10-21-15-6-4-3-5-14(15)17(22)20-18(21)23/h7-8,11-12H,3-6,9-10H2,1-2H3,(H,20,22,23). The lowest BCUT2D eigenvalue weighted by Crippen LogP contribution is -2.37. The number of nitrogens with zero attached hydrogens (tertiary/aromatic N) is 2. The first kappa shape index (κ1) is 16.5. The fourth-order valence-electron chi connectivity index (χ4n) is 3.14. The lowest BCUT2D eigenvalue weighted by Gasteiger charge is -2.19. The van der Waals surface area contributed by atoms with Crippen LogP contribution in [-0.4, -0.2) is 20.6 Å². The fourth-order valence-corrected chi connectivity index (χ4v) is 3.14. The minimum Gasteiger partial charge on any atom is -0.475 e. The smallest absolute Gasteiger partial charge is 0.328 e. The van der Waals surface area contributed by atoms with Gasteiger partial charge in [-0.1, -0.05) is 6.07 Å². The van der Waals surface area contributed by atoms with Crippen LogP contribution in [0.1, 0.15) is 43.5 Å². The molecule has 1 N–H and O–H groups in total. The van der Waals surface area contributed by atoms with E-state index in [1.165, 1.54) is 0 Å². The van der Waals surface area contributed by atoms with Gasteiger partial charge >= 0.3 is 5.69 Å². The van der Waals surface area contributed by atoms with Crippen molar-refractivity contribution in [3.63, 3.8) is 0 Å². The maximum Gasteiger partial charge on any atom is 0.328 e. The Morgan fingerprint density at radius 3 is 2.75 bits per heavy atom. The second-order valence-corrected chi connectivity index (χ2v) is 6.46. The van der Waals surface area contributed by atoms with Crippen LogP contribution >= 0.6 is 0 Å². The van der Waals surface area contributed by atoms with E-state index in [9.17, 15) is 9.59 Å².